The number of carbonyl (C=O) groups is 3. The first kappa shape index (κ1) is 18.1. The fourth-order valence-electron chi connectivity index (χ4n) is 2.43. The van der Waals surface area contributed by atoms with E-state index in [0.29, 0.717) is 17.0 Å². The molecule has 3 rings (SSSR count). The number of anilines is 1. The number of amides is 2. The molecule has 1 aromatic carbocycles. The van der Waals surface area contributed by atoms with Crippen LogP contribution in [0.3, 0.4) is 0 Å². The summed E-state index contributed by atoms with van der Waals surface area (Å²) in [4.78, 5) is 38.6. The van der Waals surface area contributed by atoms with Gasteiger partial charge in [0.05, 0.1) is 12.1 Å². The third-order valence-electron chi connectivity index (χ3n) is 3.64. The molecule has 0 atom stereocenters. The number of pyridine rings is 1. The summed E-state index contributed by atoms with van der Waals surface area (Å²) < 4.78 is 14.7. The van der Waals surface area contributed by atoms with E-state index in [1.807, 2.05) is 0 Å². The molecule has 0 unspecified atom stereocenters. The van der Waals surface area contributed by atoms with Gasteiger partial charge < -0.3 is 20.1 Å². The number of nitrogens with zero attached hydrogens (tertiary/aromatic N) is 2. The van der Waals surface area contributed by atoms with Gasteiger partial charge in [-0.25, -0.2) is 9.37 Å². The smallest absolute Gasteiger partial charge is 0.322 e. The lowest BCUT2D eigenvalue weighted by molar-refractivity contribution is -0.135. The van der Waals surface area contributed by atoms with Crippen LogP contribution in [0.15, 0.2) is 48.8 Å². The summed E-state index contributed by atoms with van der Waals surface area (Å²) >= 11 is 0. The van der Waals surface area contributed by atoms with Crippen LogP contribution in [-0.2, 0) is 16.0 Å². The van der Waals surface area contributed by atoms with Crippen molar-refractivity contribution < 1.29 is 23.9 Å². The maximum absolute atomic E-state index is 13.2. The van der Waals surface area contributed by atoms with Crippen LogP contribution in [0, 0.1) is 5.82 Å². The van der Waals surface area contributed by atoms with Crippen LogP contribution < -0.4 is 10.6 Å². The van der Waals surface area contributed by atoms with Crippen LogP contribution in [0.1, 0.15) is 16.1 Å². The lowest BCUT2D eigenvalue weighted by Crippen LogP contribution is -2.29. The number of nitrogens with one attached hydrogen (secondary N) is 2. The molecule has 3 aromatic rings. The maximum Gasteiger partial charge on any atom is 0.322 e. The monoisotopic (exact) mass is 370 g/mol. The van der Waals surface area contributed by atoms with Crippen molar-refractivity contribution in [3.63, 3.8) is 0 Å². The minimum absolute atomic E-state index is 0.00412. The van der Waals surface area contributed by atoms with E-state index in [4.69, 9.17) is 5.11 Å². The number of hydrogen-bond donors (Lipinski definition) is 3. The molecule has 0 aliphatic rings. The fourth-order valence-corrected chi connectivity index (χ4v) is 2.43. The largest absolute Gasteiger partial charge is 0.480 e. The highest BCUT2D eigenvalue weighted by Crippen LogP contribution is 2.12. The van der Waals surface area contributed by atoms with E-state index in [0.717, 1.165) is 0 Å². The molecular weight excluding hydrogens is 355 g/mol. The molecule has 3 N–H and O–H groups in total. The molecule has 8 nitrogen and oxygen atoms in total. The van der Waals surface area contributed by atoms with E-state index < -0.39 is 24.2 Å². The standard InChI is InChI=1S/C18H15FN4O4/c19-12-3-6-15-21-14(10-23(15)9-12)7-16(24)22-13-4-1-11(2-5-13)18(27)20-8-17(25)26/h1-6,9-10H,7-8H2,(H,20,27)(H,22,24)(H,25,26). The summed E-state index contributed by atoms with van der Waals surface area (Å²) in [5.41, 5.74) is 1.78. The van der Waals surface area contributed by atoms with Crippen molar-refractivity contribution in [2.24, 2.45) is 0 Å². The molecule has 138 valence electrons. The molecule has 0 saturated carbocycles. The second-order valence-corrected chi connectivity index (χ2v) is 5.72. The first-order valence-corrected chi connectivity index (χ1v) is 7.94. The number of hydrogen-bond acceptors (Lipinski definition) is 4. The van der Waals surface area contributed by atoms with E-state index in [1.54, 1.807) is 6.20 Å². The molecule has 2 aromatic heterocycles. The Bertz CT molecular complexity index is 1010. The van der Waals surface area contributed by atoms with Crippen molar-refractivity contribution in [3.8, 4) is 0 Å². The summed E-state index contributed by atoms with van der Waals surface area (Å²) in [6.45, 7) is -0.472. The van der Waals surface area contributed by atoms with Crippen molar-refractivity contribution in [1.82, 2.24) is 14.7 Å². The number of fused-ring (bicyclic) bond motifs is 1. The zero-order valence-electron chi connectivity index (χ0n) is 14.0. The molecule has 0 radical (unpaired) electrons. The second-order valence-electron chi connectivity index (χ2n) is 5.72. The Balaban J connectivity index is 1.60. The summed E-state index contributed by atoms with van der Waals surface area (Å²) in [7, 11) is 0. The van der Waals surface area contributed by atoms with Gasteiger partial charge in [0.2, 0.25) is 5.91 Å². The summed E-state index contributed by atoms with van der Waals surface area (Å²) in [5, 5.41) is 13.5. The van der Waals surface area contributed by atoms with Gasteiger partial charge in [0.25, 0.3) is 5.91 Å². The van der Waals surface area contributed by atoms with Gasteiger partial charge >= 0.3 is 5.97 Å². The average Bonchev–Trinajstić information content (AvgIpc) is 3.01. The van der Waals surface area contributed by atoms with Gasteiger partial charge in [-0.2, -0.15) is 0 Å². The number of aliphatic carboxylic acids is 1. The Morgan fingerprint density at radius 3 is 2.52 bits per heavy atom. The summed E-state index contributed by atoms with van der Waals surface area (Å²) in [5.74, 6) is -2.38. The van der Waals surface area contributed by atoms with Crippen LogP contribution in [0.5, 0.6) is 0 Å². The van der Waals surface area contributed by atoms with Crippen LogP contribution in [0.2, 0.25) is 0 Å². The molecule has 9 heteroatoms. The van der Waals surface area contributed by atoms with Gasteiger partial charge in [-0.1, -0.05) is 0 Å². The molecule has 0 saturated heterocycles. The highest BCUT2D eigenvalue weighted by molar-refractivity contribution is 5.97. The van der Waals surface area contributed by atoms with E-state index in [9.17, 15) is 18.8 Å². The molecular formula is C18H15FN4O4. The van der Waals surface area contributed by atoms with Crippen molar-refractivity contribution in [2.45, 2.75) is 6.42 Å². The minimum atomic E-state index is -1.14. The first-order chi connectivity index (χ1) is 12.9. The summed E-state index contributed by atoms with van der Waals surface area (Å²) in [6, 6.07) is 8.82. The molecule has 27 heavy (non-hydrogen) atoms. The molecule has 0 spiro atoms. The van der Waals surface area contributed by atoms with Gasteiger partial charge in [0, 0.05) is 23.6 Å². The predicted octanol–water partition coefficient (Wildman–Crippen LogP) is 1.47. The Hall–Kier alpha value is -3.75. The lowest BCUT2D eigenvalue weighted by Gasteiger charge is -2.06. The normalized spacial score (nSPS) is 10.6. The maximum atomic E-state index is 13.2. The van der Waals surface area contributed by atoms with Crippen molar-refractivity contribution in [2.75, 3.05) is 11.9 Å². The molecule has 2 amide bonds. The van der Waals surface area contributed by atoms with Crippen LogP contribution >= 0.6 is 0 Å². The molecule has 2 heterocycles. The molecule has 0 bridgehead atoms. The van der Waals surface area contributed by atoms with Gasteiger partial charge in [-0.3, -0.25) is 14.4 Å². The van der Waals surface area contributed by atoms with Crippen LogP contribution in [-0.4, -0.2) is 38.8 Å². The number of rotatable bonds is 6. The summed E-state index contributed by atoms with van der Waals surface area (Å²) in [6.07, 6.45) is 2.86. The SMILES string of the molecule is O=C(O)CNC(=O)c1ccc(NC(=O)Cc2cn3cc(F)ccc3n2)cc1. The van der Waals surface area contributed by atoms with E-state index in [2.05, 4.69) is 15.6 Å². The quantitative estimate of drug-likeness (QED) is 0.608. The van der Waals surface area contributed by atoms with Crippen molar-refractivity contribution >= 4 is 29.1 Å². The van der Waals surface area contributed by atoms with E-state index >= 15 is 0 Å². The van der Waals surface area contributed by atoms with Crippen molar-refractivity contribution in [3.05, 3.63) is 65.9 Å². The Morgan fingerprint density at radius 2 is 1.81 bits per heavy atom. The Kier molecular flexibility index (Phi) is 5.11. The number of carboxylic acid groups (broad SMARTS) is 1. The third-order valence-corrected chi connectivity index (χ3v) is 3.64. The second kappa shape index (κ2) is 7.65. The number of carboxylic acids is 1. The zero-order valence-corrected chi connectivity index (χ0v) is 14.0. The number of halogens is 1. The minimum Gasteiger partial charge on any atom is -0.480 e. The number of aromatic nitrogens is 2. The van der Waals surface area contributed by atoms with Gasteiger partial charge in [0.15, 0.2) is 0 Å². The fraction of sp³-hybridized carbons (Fsp3) is 0.111. The Labute approximate surface area is 152 Å². The zero-order chi connectivity index (χ0) is 19.4. The molecule has 0 aliphatic heterocycles. The third kappa shape index (κ3) is 4.66. The topological polar surface area (TPSA) is 113 Å². The van der Waals surface area contributed by atoms with Crippen LogP contribution in [0.25, 0.3) is 5.65 Å². The van der Waals surface area contributed by atoms with Gasteiger partial charge in [-0.15, -0.1) is 0 Å². The molecule has 0 aliphatic carbocycles. The highest BCUT2D eigenvalue weighted by atomic mass is 19.1. The van der Waals surface area contributed by atoms with E-state index in [-0.39, 0.29) is 17.9 Å². The average molecular weight is 370 g/mol. The lowest BCUT2D eigenvalue weighted by atomic mass is 10.2. The van der Waals surface area contributed by atoms with Crippen LogP contribution in [0.4, 0.5) is 10.1 Å². The number of benzene rings is 1. The highest BCUT2D eigenvalue weighted by Gasteiger charge is 2.10. The van der Waals surface area contributed by atoms with Crippen molar-refractivity contribution in [1.29, 1.82) is 0 Å². The number of carbonyl (C=O) groups excluding carboxylic acids is 2. The molecule has 0 fully saturated rings. The Morgan fingerprint density at radius 1 is 1.07 bits per heavy atom. The predicted molar refractivity (Wildman–Crippen MR) is 93.9 cm³/mol. The van der Waals surface area contributed by atoms with Gasteiger partial charge in [0.1, 0.15) is 18.0 Å². The van der Waals surface area contributed by atoms with E-state index in [1.165, 1.54) is 47.0 Å². The number of imidazole rings is 1. The van der Waals surface area contributed by atoms with Gasteiger partial charge in [-0.05, 0) is 36.4 Å². The first-order valence-electron chi connectivity index (χ1n) is 7.94.